The Morgan fingerprint density at radius 3 is 1.51 bits per heavy atom. The number of fused-ring (bicyclic) bond motifs is 8. The summed E-state index contributed by atoms with van der Waals surface area (Å²) >= 11 is 1.91. The van der Waals surface area contributed by atoms with Crippen LogP contribution in [0.15, 0.2) is 170 Å². The molecule has 0 N–H and O–H groups in total. The van der Waals surface area contributed by atoms with Gasteiger partial charge in [0.05, 0.1) is 0 Å². The first-order chi connectivity index (χ1) is 23.3. The van der Waals surface area contributed by atoms with Crippen LogP contribution in [0, 0.1) is 0 Å². The van der Waals surface area contributed by atoms with E-state index in [0.29, 0.717) is 0 Å². The van der Waals surface area contributed by atoms with Crippen LogP contribution in [0.3, 0.4) is 0 Å². The highest BCUT2D eigenvalue weighted by Gasteiger charge is 2.18. The van der Waals surface area contributed by atoms with Gasteiger partial charge in [-0.15, -0.1) is 11.3 Å². The second-order valence-electron chi connectivity index (χ2n) is 12.5. The van der Waals surface area contributed by atoms with Gasteiger partial charge in [0.15, 0.2) is 0 Å². The quantitative estimate of drug-likeness (QED) is 0.174. The van der Waals surface area contributed by atoms with E-state index in [2.05, 4.69) is 170 Å². The minimum absolute atomic E-state index is 1.23. The molecule has 0 fully saturated rings. The first kappa shape index (κ1) is 26.5. The van der Waals surface area contributed by atoms with Crippen LogP contribution in [0.2, 0.25) is 0 Å². The van der Waals surface area contributed by atoms with Crippen LogP contribution < -0.4 is 0 Å². The highest BCUT2D eigenvalue weighted by Crippen LogP contribution is 2.46. The second-order valence-corrected chi connectivity index (χ2v) is 13.5. The zero-order valence-electron chi connectivity index (χ0n) is 25.6. The van der Waals surface area contributed by atoms with Crippen LogP contribution in [0.4, 0.5) is 0 Å². The molecule has 10 rings (SSSR count). The number of thiophene rings is 1. The molecule has 0 aliphatic rings. The Hall–Kier alpha value is -5.76. The molecule has 0 aliphatic heterocycles. The normalized spacial score (nSPS) is 11.8. The monoisotopic (exact) mass is 612 g/mol. The first-order valence-corrected chi connectivity index (χ1v) is 17.0. The van der Waals surface area contributed by atoms with Gasteiger partial charge in [-0.25, -0.2) is 0 Å². The average Bonchev–Trinajstić information content (AvgIpc) is 3.52. The predicted molar refractivity (Wildman–Crippen MR) is 206 cm³/mol. The van der Waals surface area contributed by atoms with Gasteiger partial charge in [-0.3, -0.25) is 0 Å². The summed E-state index contributed by atoms with van der Waals surface area (Å²) in [5.41, 5.74) is 7.55. The van der Waals surface area contributed by atoms with E-state index in [0.717, 1.165) is 0 Å². The van der Waals surface area contributed by atoms with E-state index >= 15 is 0 Å². The van der Waals surface area contributed by atoms with E-state index in [1.54, 1.807) is 0 Å². The van der Waals surface area contributed by atoms with Crippen LogP contribution in [0.1, 0.15) is 0 Å². The van der Waals surface area contributed by atoms with Crippen LogP contribution in [-0.4, -0.2) is 0 Å². The zero-order valence-corrected chi connectivity index (χ0v) is 26.4. The zero-order chi connectivity index (χ0) is 30.9. The standard InChI is InChI=1S/C46H28S/c1-2-12-31-26-33(21-20-29(31)10-1)32-13-9-14-34(27-32)44-38-16-5-7-18-40(38)45(41-19-8-6-17-39(41)44)35-23-24-37-42-25-22-30-11-3-4-15-36(30)46(42)47-43(37)28-35/h1-28H. The summed E-state index contributed by atoms with van der Waals surface area (Å²) in [4.78, 5) is 0. The summed E-state index contributed by atoms with van der Waals surface area (Å²) in [7, 11) is 0. The van der Waals surface area contributed by atoms with Crippen molar-refractivity contribution in [3.8, 4) is 33.4 Å². The summed E-state index contributed by atoms with van der Waals surface area (Å²) in [5, 5.41) is 12.9. The lowest BCUT2D eigenvalue weighted by Gasteiger charge is -2.18. The molecule has 0 unspecified atom stereocenters. The maximum Gasteiger partial charge on any atom is 0.0433 e. The molecule has 218 valence electrons. The van der Waals surface area contributed by atoms with Crippen molar-refractivity contribution in [1.29, 1.82) is 0 Å². The fourth-order valence-electron chi connectivity index (χ4n) is 7.63. The minimum atomic E-state index is 1.23. The smallest absolute Gasteiger partial charge is 0.0433 e. The van der Waals surface area contributed by atoms with Crippen LogP contribution >= 0.6 is 11.3 Å². The Balaban J connectivity index is 1.20. The summed E-state index contributed by atoms with van der Waals surface area (Å²) < 4.78 is 2.70. The van der Waals surface area contributed by atoms with Gasteiger partial charge in [0.1, 0.15) is 0 Å². The molecule has 9 aromatic carbocycles. The van der Waals surface area contributed by atoms with Gasteiger partial charge in [0.2, 0.25) is 0 Å². The highest BCUT2D eigenvalue weighted by atomic mass is 32.1. The van der Waals surface area contributed by atoms with Crippen molar-refractivity contribution in [2.75, 3.05) is 0 Å². The Morgan fingerprint density at radius 1 is 0.277 bits per heavy atom. The van der Waals surface area contributed by atoms with Crippen molar-refractivity contribution in [2.45, 2.75) is 0 Å². The van der Waals surface area contributed by atoms with Crippen molar-refractivity contribution in [1.82, 2.24) is 0 Å². The summed E-state index contributed by atoms with van der Waals surface area (Å²) in [5.74, 6) is 0. The molecule has 0 saturated heterocycles. The molecule has 0 aliphatic carbocycles. The van der Waals surface area contributed by atoms with Crippen LogP contribution in [0.5, 0.6) is 0 Å². The SMILES string of the molecule is c1cc(-c2ccc3ccccc3c2)cc(-c2c3ccccc3c(-c3ccc4c(c3)sc3c5ccccc5ccc43)c3ccccc23)c1. The molecule has 0 nitrogen and oxygen atoms in total. The largest absolute Gasteiger partial charge is 0.135 e. The molecule has 0 radical (unpaired) electrons. The van der Waals surface area contributed by atoms with E-state index in [1.807, 2.05) is 11.3 Å². The number of benzene rings is 9. The lowest BCUT2D eigenvalue weighted by molar-refractivity contribution is 1.63. The van der Waals surface area contributed by atoms with Gasteiger partial charge in [0, 0.05) is 20.2 Å². The molecule has 1 heteroatoms. The maximum atomic E-state index is 2.42. The van der Waals surface area contributed by atoms with Crippen LogP contribution in [0.25, 0.3) is 96.6 Å². The number of hydrogen-bond donors (Lipinski definition) is 0. The van der Waals surface area contributed by atoms with E-state index in [1.165, 1.54) is 96.6 Å². The molecular formula is C46H28S. The number of rotatable bonds is 3. The molecule has 0 bridgehead atoms. The van der Waals surface area contributed by atoms with Gasteiger partial charge in [-0.05, 0) is 94.7 Å². The molecule has 0 amide bonds. The Bertz CT molecular complexity index is 2800. The molecule has 1 heterocycles. The Kier molecular flexibility index (Phi) is 5.85. The van der Waals surface area contributed by atoms with Gasteiger partial charge in [0.25, 0.3) is 0 Å². The average molecular weight is 613 g/mol. The summed E-state index contributed by atoms with van der Waals surface area (Å²) in [6, 6.07) is 62.7. The van der Waals surface area contributed by atoms with Crippen molar-refractivity contribution in [3.05, 3.63) is 170 Å². The fraction of sp³-hybridized carbons (Fsp3) is 0. The topological polar surface area (TPSA) is 0 Å². The highest BCUT2D eigenvalue weighted by molar-refractivity contribution is 7.26. The molecule has 0 saturated carbocycles. The maximum absolute atomic E-state index is 2.42. The summed E-state index contributed by atoms with van der Waals surface area (Å²) in [6.45, 7) is 0. The third kappa shape index (κ3) is 4.14. The first-order valence-electron chi connectivity index (χ1n) is 16.2. The van der Waals surface area contributed by atoms with E-state index in [-0.39, 0.29) is 0 Å². The molecule has 1 aromatic heterocycles. The van der Waals surface area contributed by atoms with Gasteiger partial charge >= 0.3 is 0 Å². The van der Waals surface area contributed by atoms with Crippen molar-refractivity contribution in [3.63, 3.8) is 0 Å². The second kappa shape index (κ2) is 10.4. The van der Waals surface area contributed by atoms with Gasteiger partial charge < -0.3 is 0 Å². The fourth-order valence-corrected chi connectivity index (χ4v) is 8.91. The predicted octanol–water partition coefficient (Wildman–Crippen LogP) is 13.7. The van der Waals surface area contributed by atoms with Crippen molar-refractivity contribution >= 4 is 74.6 Å². The summed E-state index contributed by atoms with van der Waals surface area (Å²) in [6.07, 6.45) is 0. The minimum Gasteiger partial charge on any atom is -0.135 e. The van der Waals surface area contributed by atoms with Gasteiger partial charge in [-0.1, -0.05) is 152 Å². The van der Waals surface area contributed by atoms with Gasteiger partial charge in [-0.2, -0.15) is 0 Å². The van der Waals surface area contributed by atoms with E-state index in [4.69, 9.17) is 0 Å². The third-order valence-electron chi connectivity index (χ3n) is 9.82. The lowest BCUT2D eigenvalue weighted by Crippen LogP contribution is -1.91. The number of hydrogen-bond acceptors (Lipinski definition) is 1. The van der Waals surface area contributed by atoms with Crippen molar-refractivity contribution < 1.29 is 0 Å². The van der Waals surface area contributed by atoms with Crippen molar-refractivity contribution in [2.24, 2.45) is 0 Å². The van der Waals surface area contributed by atoms with E-state index < -0.39 is 0 Å². The van der Waals surface area contributed by atoms with Crippen LogP contribution in [-0.2, 0) is 0 Å². The molecule has 0 spiro atoms. The Labute approximate surface area is 276 Å². The molecule has 47 heavy (non-hydrogen) atoms. The van der Waals surface area contributed by atoms with E-state index in [9.17, 15) is 0 Å². The molecular weight excluding hydrogens is 585 g/mol. The lowest BCUT2D eigenvalue weighted by atomic mass is 9.85. The molecule has 0 atom stereocenters. The third-order valence-corrected chi connectivity index (χ3v) is 11.0. The Morgan fingerprint density at radius 2 is 0.787 bits per heavy atom. The molecule has 10 aromatic rings.